The molecule has 107 heavy (non-hydrogen) atoms. The smallest absolute Gasteiger partial charge is 0.756 e. The van der Waals surface area contributed by atoms with Crippen molar-refractivity contribution in [2.75, 3.05) is 65.9 Å². The van der Waals surface area contributed by atoms with Gasteiger partial charge in [0.2, 0.25) is 23.6 Å². The van der Waals surface area contributed by atoms with Crippen LogP contribution in [0.15, 0.2) is 24.3 Å². The molecule has 0 saturated heterocycles. The molecule has 4 unspecified atom stereocenters. The Kier molecular flexibility index (Phi) is 83.0. The maximum Gasteiger partial charge on any atom is 1.00 e. The zero-order valence-electron chi connectivity index (χ0n) is 69.0. The van der Waals surface area contributed by atoms with Crippen LogP contribution in [-0.2, 0) is 74.9 Å². The minimum absolute atomic E-state index is 0. The van der Waals surface area contributed by atoms with Crippen molar-refractivity contribution in [3.05, 3.63) is 24.3 Å². The number of carbonyl (C=O) groups is 6. The molecule has 0 radical (unpaired) electrons. The van der Waals surface area contributed by atoms with E-state index in [1.54, 1.807) is 0 Å². The van der Waals surface area contributed by atoms with E-state index in [1.165, 1.54) is 116 Å². The van der Waals surface area contributed by atoms with Gasteiger partial charge in [0.15, 0.2) is 0 Å². The Morgan fingerprint density at radius 3 is 0.944 bits per heavy atom. The molecule has 0 aromatic carbocycles. The zero-order valence-corrected chi connectivity index (χ0v) is 74.8. The molecular formula is C81H152N4Na2O18P2. The molecule has 0 fully saturated rings. The number of hydrogen-bond donors (Lipinski definition) is 4. The van der Waals surface area contributed by atoms with Gasteiger partial charge in [0.1, 0.15) is 18.6 Å². The maximum atomic E-state index is 13.2. The van der Waals surface area contributed by atoms with Crippen molar-refractivity contribution in [1.29, 1.82) is 0 Å². The fraction of sp³-hybridized carbons (Fsp3) is 0.877. The Labute approximate surface area is 694 Å². The van der Waals surface area contributed by atoms with Gasteiger partial charge in [-0.1, -0.05) is 258 Å². The molecule has 4 amide bonds. The summed E-state index contributed by atoms with van der Waals surface area (Å²) in [7, 11) is -9.97. The van der Waals surface area contributed by atoms with Gasteiger partial charge in [-0.05, 0) is 89.9 Å². The molecule has 0 aliphatic rings. The minimum Gasteiger partial charge on any atom is -0.756 e. The number of rotatable bonds is 80. The van der Waals surface area contributed by atoms with Crippen LogP contribution >= 0.6 is 15.6 Å². The predicted octanol–water partition coefficient (Wildman–Crippen LogP) is 12.2. The fourth-order valence-electron chi connectivity index (χ4n) is 11.9. The van der Waals surface area contributed by atoms with Crippen LogP contribution in [0, 0.1) is 0 Å². The third-order valence-corrected chi connectivity index (χ3v) is 20.2. The van der Waals surface area contributed by atoms with E-state index in [0.29, 0.717) is 64.2 Å². The van der Waals surface area contributed by atoms with Crippen LogP contribution in [0.1, 0.15) is 369 Å². The quantitative estimate of drug-likeness (QED) is 0.0110. The second-order valence-electron chi connectivity index (χ2n) is 28.5. The molecule has 4 N–H and O–H groups in total. The SMILES string of the molecule is CCCCCC/C=C\CCCC(=O)O[C@H](CCCCCCC)CCOCC(COP(=O)([O-])OCCNC(=O)CC(=O)NCCOP(=O)([O-])OCC(COCC[C@@H](CCCCCCC)OC(=O)CCC/C=C\CCCCCC)NC(=O)CCCCCCCCCCC)NC(=O)CCCCCCCCCCC.[Na+].[Na+]. The molecule has 0 bridgehead atoms. The largest absolute Gasteiger partial charge is 1.00 e. The van der Waals surface area contributed by atoms with Gasteiger partial charge in [-0.25, -0.2) is 0 Å². The molecule has 22 nitrogen and oxygen atoms in total. The van der Waals surface area contributed by atoms with E-state index in [4.69, 9.17) is 37.0 Å². The molecule has 0 aliphatic heterocycles. The molecule has 616 valence electrons. The van der Waals surface area contributed by atoms with E-state index in [9.17, 15) is 47.7 Å². The molecule has 0 aromatic rings. The Morgan fingerprint density at radius 1 is 0.327 bits per heavy atom. The number of hydrogen-bond acceptors (Lipinski definition) is 18. The molecule has 0 saturated carbocycles. The van der Waals surface area contributed by atoms with E-state index in [2.05, 4.69) is 87.1 Å². The van der Waals surface area contributed by atoms with Gasteiger partial charge in [0, 0.05) is 51.6 Å². The minimum atomic E-state index is -4.99. The predicted molar refractivity (Wildman–Crippen MR) is 418 cm³/mol. The van der Waals surface area contributed by atoms with Crippen molar-refractivity contribution in [3.8, 4) is 0 Å². The van der Waals surface area contributed by atoms with Crippen LogP contribution in [0.3, 0.4) is 0 Å². The normalized spacial score (nSPS) is 13.8. The van der Waals surface area contributed by atoms with Gasteiger partial charge in [-0.15, -0.1) is 0 Å². The number of allylic oxidation sites excluding steroid dienone is 4. The van der Waals surface area contributed by atoms with E-state index in [-0.39, 0.29) is 147 Å². The van der Waals surface area contributed by atoms with Crippen molar-refractivity contribution in [3.63, 3.8) is 0 Å². The molecule has 0 aliphatic carbocycles. The van der Waals surface area contributed by atoms with Crippen LogP contribution in [-0.4, -0.2) is 126 Å². The third kappa shape index (κ3) is 78.1. The number of nitrogens with one attached hydrogen (secondary N) is 4. The Bertz CT molecular complexity index is 2110. The fourth-order valence-corrected chi connectivity index (χ4v) is 13.4. The van der Waals surface area contributed by atoms with Crippen molar-refractivity contribution in [2.45, 2.75) is 393 Å². The Balaban J connectivity index is -0.0000541. The first-order chi connectivity index (χ1) is 50.9. The number of esters is 2. The number of unbranched alkanes of at least 4 members (excludes halogenated alkanes) is 34. The summed E-state index contributed by atoms with van der Waals surface area (Å²) >= 11 is 0. The van der Waals surface area contributed by atoms with Gasteiger partial charge in [0.25, 0.3) is 15.6 Å². The van der Waals surface area contributed by atoms with Crippen LogP contribution in [0.2, 0.25) is 0 Å². The van der Waals surface area contributed by atoms with Crippen LogP contribution in [0.25, 0.3) is 0 Å². The summed E-state index contributed by atoms with van der Waals surface area (Å²) in [6.45, 7) is 10.6. The number of phosphoric ester groups is 2. The van der Waals surface area contributed by atoms with Gasteiger partial charge in [-0.2, -0.15) is 0 Å². The molecule has 0 aromatic heterocycles. The standard InChI is InChI=1S/C81H154N4O18P2.2Na/c1-7-13-19-25-29-33-37-43-49-55-76(86)84-72(68-96-63-59-74(53-47-41-23-17-11-5)102-80(90)57-51-45-39-35-31-27-21-15-9-3)70-100-104(92,93)98-65-61-82-78(88)67-79(89)83-62-66-99-105(94,95)101-71-73(85-77(87)56-50-44-38-34-30-26-20-14-8-2)69-97-64-60-75(54-48-42-24-18-12-6)103-81(91)58-52-46-40-36-32-28-22-16-10-4;;/h35-36,39-40,72-75H,7-34,37-38,41-71H2,1-6H3,(H,82,88)(H,83,89)(H,84,86)(H,85,87)(H,92,93)(H,94,95);;/q;2*+1/p-2/b39-35-,40-36-;;/t72?,73?,74-,75-;;/m1../s1. The van der Waals surface area contributed by atoms with E-state index < -0.39 is 72.4 Å². The van der Waals surface area contributed by atoms with Crippen molar-refractivity contribution in [1.82, 2.24) is 21.3 Å². The molecule has 26 heteroatoms. The van der Waals surface area contributed by atoms with Crippen molar-refractivity contribution >= 4 is 51.2 Å². The summed E-state index contributed by atoms with van der Waals surface area (Å²) in [4.78, 5) is 104. The van der Waals surface area contributed by atoms with Gasteiger partial charge < -0.3 is 68.1 Å². The summed E-state index contributed by atoms with van der Waals surface area (Å²) in [5.74, 6) is -2.59. The zero-order chi connectivity index (χ0) is 77.2. The number of carbonyl (C=O) groups excluding carboxylic acids is 6. The number of amides is 4. The molecule has 0 heterocycles. The van der Waals surface area contributed by atoms with Crippen LogP contribution in [0.5, 0.6) is 0 Å². The second kappa shape index (κ2) is 81.0. The van der Waals surface area contributed by atoms with E-state index in [1.807, 2.05) is 0 Å². The van der Waals surface area contributed by atoms with Gasteiger partial charge in [0.05, 0.1) is 64.9 Å². The van der Waals surface area contributed by atoms with Crippen LogP contribution < -0.4 is 90.2 Å². The number of ether oxygens (including phenoxy) is 4. The summed E-state index contributed by atoms with van der Waals surface area (Å²) < 4.78 is 70.4. The first-order valence-electron chi connectivity index (χ1n) is 42.1. The summed E-state index contributed by atoms with van der Waals surface area (Å²) in [5, 5.41) is 10.5. The Morgan fingerprint density at radius 2 is 0.617 bits per heavy atom. The average molecular weight is 1580 g/mol. The summed E-state index contributed by atoms with van der Waals surface area (Å²) in [6.07, 6.45) is 55.5. The van der Waals surface area contributed by atoms with E-state index >= 15 is 0 Å². The molecular weight excluding hydrogens is 1420 g/mol. The van der Waals surface area contributed by atoms with Crippen molar-refractivity contribution < 1.29 is 144 Å². The monoisotopic (exact) mass is 1580 g/mol. The maximum absolute atomic E-state index is 13.2. The molecule has 6 atom stereocenters. The van der Waals surface area contributed by atoms with Gasteiger partial charge >= 0.3 is 71.1 Å². The van der Waals surface area contributed by atoms with Gasteiger partial charge in [-0.3, -0.25) is 37.9 Å². The second-order valence-corrected chi connectivity index (χ2v) is 31.3. The molecule has 0 rings (SSSR count). The Hall–Kier alpha value is -1.56. The summed E-state index contributed by atoms with van der Waals surface area (Å²) in [6, 6.07) is -1.74. The first-order valence-corrected chi connectivity index (χ1v) is 45.0. The summed E-state index contributed by atoms with van der Waals surface area (Å²) in [5.41, 5.74) is 0. The third-order valence-electron chi connectivity index (χ3n) is 18.2. The van der Waals surface area contributed by atoms with Crippen molar-refractivity contribution in [2.24, 2.45) is 0 Å². The molecule has 0 spiro atoms. The first kappa shape index (κ1) is 110. The van der Waals surface area contributed by atoms with Crippen LogP contribution in [0.4, 0.5) is 0 Å². The average Bonchev–Trinajstić information content (AvgIpc) is 0.917. The number of phosphoric acid groups is 2. The topological polar surface area (TPSA) is 305 Å². The van der Waals surface area contributed by atoms with E-state index in [0.717, 1.165) is 128 Å².